The van der Waals surface area contributed by atoms with Crippen LogP contribution in [-0.4, -0.2) is 35.4 Å². The SMILES string of the molecule is CN(C)c1cc(F)ccc1C[S+]([O-])c1nc2cc3c(cc2[nH]1)OCO3. The molecule has 0 aliphatic carbocycles. The number of benzene rings is 2. The van der Waals surface area contributed by atoms with Crippen LogP contribution in [0.2, 0.25) is 0 Å². The lowest BCUT2D eigenvalue weighted by Crippen LogP contribution is -2.14. The molecule has 1 aromatic heterocycles. The molecular weight excluding hydrogens is 345 g/mol. The summed E-state index contributed by atoms with van der Waals surface area (Å²) in [4.78, 5) is 9.27. The van der Waals surface area contributed by atoms with Crippen LogP contribution < -0.4 is 14.4 Å². The van der Waals surface area contributed by atoms with Gasteiger partial charge in [-0.3, -0.25) is 4.98 Å². The van der Waals surface area contributed by atoms with E-state index < -0.39 is 11.2 Å². The van der Waals surface area contributed by atoms with Gasteiger partial charge >= 0.3 is 5.16 Å². The van der Waals surface area contributed by atoms with E-state index in [9.17, 15) is 8.94 Å². The van der Waals surface area contributed by atoms with Crippen molar-refractivity contribution in [2.75, 3.05) is 25.8 Å². The minimum Gasteiger partial charge on any atom is -0.609 e. The van der Waals surface area contributed by atoms with Gasteiger partial charge in [0.2, 0.25) is 6.79 Å². The van der Waals surface area contributed by atoms with Gasteiger partial charge in [-0.15, -0.1) is 0 Å². The van der Waals surface area contributed by atoms with Crippen molar-refractivity contribution in [1.82, 2.24) is 9.97 Å². The lowest BCUT2D eigenvalue weighted by Gasteiger charge is -2.17. The molecule has 6 nitrogen and oxygen atoms in total. The highest BCUT2D eigenvalue weighted by molar-refractivity contribution is 7.90. The number of ether oxygens (including phenoxy) is 2. The van der Waals surface area contributed by atoms with Crippen molar-refractivity contribution in [3.63, 3.8) is 0 Å². The van der Waals surface area contributed by atoms with Crippen LogP contribution in [0.3, 0.4) is 0 Å². The summed E-state index contributed by atoms with van der Waals surface area (Å²) in [5.41, 5.74) is 2.89. The first-order valence-electron chi connectivity index (χ1n) is 7.65. The fourth-order valence-corrected chi connectivity index (χ4v) is 3.86. The van der Waals surface area contributed by atoms with Crippen LogP contribution in [0.4, 0.5) is 10.1 Å². The van der Waals surface area contributed by atoms with Crippen LogP contribution in [0, 0.1) is 5.82 Å². The molecule has 1 aliphatic rings. The van der Waals surface area contributed by atoms with Crippen molar-refractivity contribution < 1.29 is 18.4 Å². The molecule has 130 valence electrons. The second-order valence-electron chi connectivity index (χ2n) is 5.92. The predicted octanol–water partition coefficient (Wildman–Crippen LogP) is 2.80. The van der Waals surface area contributed by atoms with E-state index in [4.69, 9.17) is 9.47 Å². The van der Waals surface area contributed by atoms with E-state index in [1.165, 1.54) is 12.1 Å². The van der Waals surface area contributed by atoms with Gasteiger partial charge in [0.15, 0.2) is 11.5 Å². The number of fused-ring (bicyclic) bond motifs is 2. The number of nitrogens with one attached hydrogen (secondary N) is 1. The zero-order valence-corrected chi connectivity index (χ0v) is 14.5. The Balaban J connectivity index is 1.63. The summed E-state index contributed by atoms with van der Waals surface area (Å²) in [6.45, 7) is 0.193. The molecule has 4 rings (SSSR count). The van der Waals surface area contributed by atoms with E-state index in [0.29, 0.717) is 27.9 Å². The molecule has 0 amide bonds. The van der Waals surface area contributed by atoms with Gasteiger partial charge < -0.3 is 18.9 Å². The molecule has 1 unspecified atom stereocenters. The molecule has 25 heavy (non-hydrogen) atoms. The summed E-state index contributed by atoms with van der Waals surface area (Å²) in [6, 6.07) is 8.01. The summed E-state index contributed by atoms with van der Waals surface area (Å²) < 4.78 is 36.9. The average molecular weight is 361 g/mol. The number of aromatic amines is 1. The molecule has 0 radical (unpaired) electrons. The maximum Gasteiger partial charge on any atom is 0.321 e. The smallest absolute Gasteiger partial charge is 0.321 e. The summed E-state index contributed by atoms with van der Waals surface area (Å²) in [5.74, 6) is 1.18. The highest BCUT2D eigenvalue weighted by atomic mass is 32.2. The number of nitrogens with zero attached hydrogens (tertiary/aromatic N) is 2. The molecule has 8 heteroatoms. The Bertz CT molecular complexity index is 903. The number of aromatic nitrogens is 2. The number of anilines is 1. The first-order chi connectivity index (χ1) is 12.0. The van der Waals surface area contributed by atoms with Gasteiger partial charge in [-0.2, -0.15) is 4.98 Å². The number of hydrogen-bond donors (Lipinski definition) is 1. The Morgan fingerprint density at radius 3 is 2.76 bits per heavy atom. The number of rotatable bonds is 4. The number of imidazole rings is 1. The van der Waals surface area contributed by atoms with Gasteiger partial charge in [-0.1, -0.05) is 0 Å². The fourth-order valence-electron chi connectivity index (χ4n) is 2.77. The van der Waals surface area contributed by atoms with E-state index in [-0.39, 0.29) is 18.4 Å². The Morgan fingerprint density at radius 2 is 2.00 bits per heavy atom. The molecule has 1 N–H and O–H groups in total. The third-order valence-electron chi connectivity index (χ3n) is 3.99. The van der Waals surface area contributed by atoms with Crippen LogP contribution in [0.1, 0.15) is 5.56 Å². The molecule has 2 aromatic carbocycles. The van der Waals surface area contributed by atoms with Crippen molar-refractivity contribution in [2.24, 2.45) is 0 Å². The van der Waals surface area contributed by atoms with Crippen molar-refractivity contribution >= 4 is 27.9 Å². The van der Waals surface area contributed by atoms with Crippen molar-refractivity contribution in [3.05, 3.63) is 41.7 Å². The molecule has 0 fully saturated rings. The largest absolute Gasteiger partial charge is 0.609 e. The number of hydrogen-bond acceptors (Lipinski definition) is 5. The maximum absolute atomic E-state index is 13.5. The molecule has 0 bridgehead atoms. The molecule has 0 saturated carbocycles. The Labute approximate surface area is 146 Å². The van der Waals surface area contributed by atoms with E-state index in [0.717, 1.165) is 11.1 Å². The van der Waals surface area contributed by atoms with Gasteiger partial charge in [-0.05, 0) is 18.2 Å². The summed E-state index contributed by atoms with van der Waals surface area (Å²) >= 11 is -1.40. The van der Waals surface area contributed by atoms with Crippen LogP contribution in [0.15, 0.2) is 35.5 Å². The Hall–Kier alpha value is -2.45. The lowest BCUT2D eigenvalue weighted by molar-refractivity contribution is 0.174. The Kier molecular flexibility index (Phi) is 3.93. The van der Waals surface area contributed by atoms with Crippen molar-refractivity contribution in [3.8, 4) is 11.5 Å². The van der Waals surface area contributed by atoms with Crippen LogP contribution >= 0.6 is 0 Å². The normalized spacial score (nSPS) is 14.1. The second-order valence-corrected chi connectivity index (χ2v) is 7.29. The maximum atomic E-state index is 13.5. The summed E-state index contributed by atoms with van der Waals surface area (Å²) in [5, 5.41) is 0.368. The first kappa shape index (κ1) is 16.0. The van der Waals surface area contributed by atoms with E-state index in [2.05, 4.69) is 9.97 Å². The standard InChI is InChI=1S/C17H16FN3O3S/c1-21(2)14-5-11(18)4-3-10(14)8-25(22)17-19-12-6-15-16(24-9-23-15)7-13(12)20-17/h3-7H,8-9H2,1-2H3,(H,19,20). The molecule has 1 atom stereocenters. The lowest BCUT2D eigenvalue weighted by atomic mass is 10.2. The molecule has 3 aromatic rings. The van der Waals surface area contributed by atoms with Crippen molar-refractivity contribution in [1.29, 1.82) is 0 Å². The zero-order valence-electron chi connectivity index (χ0n) is 13.7. The second kappa shape index (κ2) is 6.12. The van der Waals surface area contributed by atoms with Gasteiger partial charge in [0.05, 0.1) is 11.0 Å². The van der Waals surface area contributed by atoms with E-state index in [1.807, 2.05) is 14.1 Å². The first-order valence-corrected chi connectivity index (χ1v) is 8.96. The minimum atomic E-state index is -1.40. The van der Waals surface area contributed by atoms with Gasteiger partial charge in [0, 0.05) is 48.7 Å². The highest BCUT2D eigenvalue weighted by Gasteiger charge is 2.22. The van der Waals surface area contributed by atoms with Crippen LogP contribution in [0.25, 0.3) is 11.0 Å². The highest BCUT2D eigenvalue weighted by Crippen LogP contribution is 2.35. The monoisotopic (exact) mass is 361 g/mol. The van der Waals surface area contributed by atoms with Gasteiger partial charge in [-0.25, -0.2) is 4.39 Å². The number of H-pyrrole nitrogens is 1. The molecule has 0 spiro atoms. The summed E-state index contributed by atoms with van der Waals surface area (Å²) in [6.07, 6.45) is 0. The van der Waals surface area contributed by atoms with Crippen LogP contribution in [0.5, 0.6) is 11.5 Å². The summed E-state index contributed by atoms with van der Waals surface area (Å²) in [7, 11) is 3.65. The van der Waals surface area contributed by atoms with E-state index >= 15 is 0 Å². The fraction of sp³-hybridized carbons (Fsp3) is 0.235. The predicted molar refractivity (Wildman–Crippen MR) is 93.1 cm³/mol. The zero-order chi connectivity index (χ0) is 17.6. The molecule has 1 aliphatic heterocycles. The average Bonchev–Trinajstić information content (AvgIpc) is 3.19. The molecular formula is C17H16FN3O3S. The Morgan fingerprint density at radius 1 is 1.24 bits per heavy atom. The third-order valence-corrected chi connectivity index (χ3v) is 5.18. The van der Waals surface area contributed by atoms with E-state index in [1.54, 1.807) is 23.1 Å². The van der Waals surface area contributed by atoms with Crippen LogP contribution in [-0.2, 0) is 16.9 Å². The topological polar surface area (TPSA) is 73.4 Å². The van der Waals surface area contributed by atoms with Gasteiger partial charge in [0.1, 0.15) is 11.6 Å². The minimum absolute atomic E-state index is 0.193. The van der Waals surface area contributed by atoms with Gasteiger partial charge in [0.25, 0.3) is 0 Å². The molecule has 0 saturated heterocycles. The number of halogens is 1. The molecule has 2 heterocycles. The quantitative estimate of drug-likeness (QED) is 0.724. The third kappa shape index (κ3) is 2.98. The van der Waals surface area contributed by atoms with Crippen molar-refractivity contribution in [2.45, 2.75) is 10.9 Å².